The zero-order valence-electron chi connectivity index (χ0n) is 9.80. The van der Waals surface area contributed by atoms with Crippen LogP contribution in [-0.2, 0) is 4.74 Å². The van der Waals surface area contributed by atoms with E-state index in [2.05, 4.69) is 22.9 Å². The van der Waals surface area contributed by atoms with E-state index in [0.717, 1.165) is 24.0 Å². The third-order valence-corrected chi connectivity index (χ3v) is 5.56. The molecule has 88 valence electrons. The summed E-state index contributed by atoms with van der Waals surface area (Å²) in [6.45, 7) is 4.30. The van der Waals surface area contributed by atoms with Crippen molar-refractivity contribution >= 4 is 15.9 Å². The molecule has 1 saturated carbocycles. The van der Waals surface area contributed by atoms with Gasteiger partial charge < -0.3 is 4.74 Å². The maximum absolute atomic E-state index is 5.53. The average molecular weight is 275 g/mol. The molecule has 1 saturated heterocycles. The summed E-state index contributed by atoms with van der Waals surface area (Å²) in [5.74, 6) is 0.918. The summed E-state index contributed by atoms with van der Waals surface area (Å²) in [5, 5.41) is 0. The summed E-state index contributed by atoms with van der Waals surface area (Å²) in [6, 6.07) is 0. The quantitative estimate of drug-likeness (QED) is 0.703. The molecule has 2 aliphatic rings. The Kier molecular flexibility index (Phi) is 4.11. The Balaban J connectivity index is 2.02. The van der Waals surface area contributed by atoms with Crippen molar-refractivity contribution in [2.24, 2.45) is 11.3 Å². The SMILES string of the molecule is CCCC(Br)C1CCCC12CCOCC2. The third kappa shape index (κ3) is 2.41. The van der Waals surface area contributed by atoms with Crippen LogP contribution in [0.5, 0.6) is 0 Å². The minimum Gasteiger partial charge on any atom is -0.381 e. The van der Waals surface area contributed by atoms with Gasteiger partial charge >= 0.3 is 0 Å². The van der Waals surface area contributed by atoms with Crippen molar-refractivity contribution in [3.05, 3.63) is 0 Å². The van der Waals surface area contributed by atoms with Crippen LogP contribution in [0.4, 0.5) is 0 Å². The van der Waals surface area contributed by atoms with Gasteiger partial charge in [0.15, 0.2) is 0 Å². The van der Waals surface area contributed by atoms with Gasteiger partial charge in [-0.3, -0.25) is 0 Å². The molecule has 0 N–H and O–H groups in total. The van der Waals surface area contributed by atoms with Gasteiger partial charge in [-0.05, 0) is 43.4 Å². The van der Waals surface area contributed by atoms with Gasteiger partial charge in [-0.1, -0.05) is 35.7 Å². The molecule has 0 aromatic carbocycles. The van der Waals surface area contributed by atoms with Gasteiger partial charge in [0.25, 0.3) is 0 Å². The van der Waals surface area contributed by atoms with E-state index in [-0.39, 0.29) is 0 Å². The molecule has 2 unspecified atom stereocenters. The fourth-order valence-electron chi connectivity index (χ4n) is 3.61. The molecular weight excluding hydrogens is 252 g/mol. The molecule has 2 heteroatoms. The zero-order valence-corrected chi connectivity index (χ0v) is 11.4. The van der Waals surface area contributed by atoms with Crippen molar-refractivity contribution < 1.29 is 4.74 Å². The lowest BCUT2D eigenvalue weighted by atomic mass is 9.70. The Bertz CT molecular complexity index is 199. The molecule has 15 heavy (non-hydrogen) atoms. The number of alkyl halides is 1. The largest absolute Gasteiger partial charge is 0.381 e. The number of halogens is 1. The predicted octanol–water partition coefficient (Wildman–Crippen LogP) is 4.15. The smallest absolute Gasteiger partial charge is 0.0471 e. The van der Waals surface area contributed by atoms with Crippen molar-refractivity contribution in [3.8, 4) is 0 Å². The van der Waals surface area contributed by atoms with E-state index in [1.54, 1.807) is 0 Å². The Morgan fingerprint density at radius 3 is 2.73 bits per heavy atom. The number of ether oxygens (including phenoxy) is 1. The van der Waals surface area contributed by atoms with Crippen LogP contribution >= 0.6 is 15.9 Å². The Morgan fingerprint density at radius 2 is 2.07 bits per heavy atom. The molecule has 1 heterocycles. The Morgan fingerprint density at radius 1 is 1.33 bits per heavy atom. The van der Waals surface area contributed by atoms with Gasteiger partial charge in [0.2, 0.25) is 0 Å². The van der Waals surface area contributed by atoms with Crippen molar-refractivity contribution in [2.45, 2.75) is 56.7 Å². The van der Waals surface area contributed by atoms with Crippen LogP contribution in [0, 0.1) is 11.3 Å². The topological polar surface area (TPSA) is 9.23 Å². The summed E-state index contributed by atoms with van der Waals surface area (Å²) in [4.78, 5) is 0.753. The van der Waals surface area contributed by atoms with Crippen LogP contribution in [-0.4, -0.2) is 18.0 Å². The van der Waals surface area contributed by atoms with Crippen LogP contribution in [0.2, 0.25) is 0 Å². The molecule has 0 radical (unpaired) electrons. The lowest BCUT2D eigenvalue weighted by molar-refractivity contribution is -0.00628. The summed E-state index contributed by atoms with van der Waals surface area (Å²) < 4.78 is 5.53. The summed E-state index contributed by atoms with van der Waals surface area (Å²) in [6.07, 6.45) is 9.60. The number of rotatable bonds is 3. The first-order valence-electron chi connectivity index (χ1n) is 6.50. The second-order valence-corrected chi connectivity index (χ2v) is 6.45. The molecule has 1 spiro atoms. The lowest BCUT2D eigenvalue weighted by Gasteiger charge is -2.41. The average Bonchev–Trinajstić information content (AvgIpc) is 2.63. The second kappa shape index (κ2) is 5.18. The first kappa shape index (κ1) is 11.9. The van der Waals surface area contributed by atoms with E-state index in [4.69, 9.17) is 4.74 Å². The molecule has 2 fully saturated rings. The minimum atomic E-state index is 0.640. The molecular formula is C13H23BrO. The van der Waals surface area contributed by atoms with Crippen molar-refractivity contribution in [1.82, 2.24) is 0 Å². The Labute approximate surface area is 102 Å². The van der Waals surface area contributed by atoms with Gasteiger partial charge in [0, 0.05) is 18.0 Å². The van der Waals surface area contributed by atoms with E-state index < -0.39 is 0 Å². The Hall–Kier alpha value is 0.440. The van der Waals surface area contributed by atoms with Crippen LogP contribution in [0.1, 0.15) is 51.9 Å². The molecule has 1 nitrogen and oxygen atoms in total. The normalized spacial score (nSPS) is 32.0. The van der Waals surface area contributed by atoms with Gasteiger partial charge in [-0.15, -0.1) is 0 Å². The maximum atomic E-state index is 5.53. The minimum absolute atomic E-state index is 0.640. The maximum Gasteiger partial charge on any atom is 0.0471 e. The summed E-state index contributed by atoms with van der Waals surface area (Å²) in [7, 11) is 0. The van der Waals surface area contributed by atoms with Crippen molar-refractivity contribution in [3.63, 3.8) is 0 Å². The molecule has 2 atom stereocenters. The fraction of sp³-hybridized carbons (Fsp3) is 1.00. The highest BCUT2D eigenvalue weighted by Crippen LogP contribution is 2.53. The third-order valence-electron chi connectivity index (χ3n) is 4.47. The molecule has 0 aromatic heterocycles. The number of hydrogen-bond acceptors (Lipinski definition) is 1. The highest BCUT2D eigenvalue weighted by Gasteiger charge is 2.45. The van der Waals surface area contributed by atoms with Gasteiger partial charge in [0.1, 0.15) is 0 Å². The van der Waals surface area contributed by atoms with E-state index in [0.29, 0.717) is 5.41 Å². The molecule has 1 aliphatic carbocycles. The van der Waals surface area contributed by atoms with E-state index in [1.165, 1.54) is 44.9 Å². The van der Waals surface area contributed by atoms with Gasteiger partial charge in [-0.25, -0.2) is 0 Å². The summed E-state index contributed by atoms with van der Waals surface area (Å²) in [5.41, 5.74) is 0.640. The van der Waals surface area contributed by atoms with Gasteiger partial charge in [-0.2, -0.15) is 0 Å². The van der Waals surface area contributed by atoms with Crippen molar-refractivity contribution in [2.75, 3.05) is 13.2 Å². The molecule has 0 aromatic rings. The second-order valence-electron chi connectivity index (χ2n) is 5.28. The first-order valence-corrected chi connectivity index (χ1v) is 7.42. The summed E-state index contributed by atoms with van der Waals surface area (Å²) >= 11 is 3.93. The van der Waals surface area contributed by atoms with Crippen LogP contribution in [0.3, 0.4) is 0 Å². The molecule has 0 amide bonds. The first-order chi connectivity index (χ1) is 7.28. The van der Waals surface area contributed by atoms with Gasteiger partial charge in [0.05, 0.1) is 0 Å². The lowest BCUT2D eigenvalue weighted by Crippen LogP contribution is -2.36. The highest BCUT2D eigenvalue weighted by molar-refractivity contribution is 9.09. The van der Waals surface area contributed by atoms with E-state index >= 15 is 0 Å². The van der Waals surface area contributed by atoms with Crippen molar-refractivity contribution in [1.29, 1.82) is 0 Å². The van der Waals surface area contributed by atoms with Crippen LogP contribution in [0.15, 0.2) is 0 Å². The van der Waals surface area contributed by atoms with E-state index in [1.807, 2.05) is 0 Å². The zero-order chi connectivity index (χ0) is 10.7. The monoisotopic (exact) mass is 274 g/mol. The highest BCUT2D eigenvalue weighted by atomic mass is 79.9. The van der Waals surface area contributed by atoms with Crippen LogP contribution < -0.4 is 0 Å². The fourth-order valence-corrected chi connectivity index (χ4v) is 4.89. The molecule has 2 rings (SSSR count). The molecule has 0 bridgehead atoms. The van der Waals surface area contributed by atoms with E-state index in [9.17, 15) is 0 Å². The van der Waals surface area contributed by atoms with Crippen LogP contribution in [0.25, 0.3) is 0 Å². The molecule has 1 aliphatic heterocycles. The predicted molar refractivity (Wildman–Crippen MR) is 67.5 cm³/mol. The number of hydrogen-bond donors (Lipinski definition) is 0. The standard InChI is InChI=1S/C13H23BrO/c1-2-4-12(14)11-5-3-6-13(11)7-9-15-10-8-13/h11-12H,2-10H2,1H3.